The minimum atomic E-state index is -4.59. The molecule has 0 radical (unpaired) electrons. The largest absolute Gasteiger partial charge is 0.484 e. The van der Waals surface area contributed by atoms with E-state index in [1.54, 1.807) is 12.2 Å². The van der Waals surface area contributed by atoms with Gasteiger partial charge in [0.25, 0.3) is 0 Å². The Morgan fingerprint density at radius 1 is 1.19 bits per heavy atom. The lowest BCUT2D eigenvalue weighted by molar-refractivity contribution is -0.234. The molecule has 1 aromatic rings. The lowest BCUT2D eigenvalue weighted by Gasteiger charge is -2.42. The molecule has 1 aromatic heterocycles. The number of carbonyl (C=O) groups is 1. The van der Waals surface area contributed by atoms with E-state index >= 15 is 0 Å². The molecule has 1 aliphatic carbocycles. The second kappa shape index (κ2) is 10.0. The Kier molecular flexibility index (Phi) is 7.21. The molecular weight excluding hydrogens is 471 g/mol. The van der Waals surface area contributed by atoms with E-state index in [0.29, 0.717) is 16.3 Å². The highest BCUT2D eigenvalue weighted by atomic mass is 19.4. The second-order valence-electron chi connectivity index (χ2n) is 9.72. The van der Waals surface area contributed by atoms with E-state index in [1.165, 1.54) is 6.08 Å². The molecular formula is C25H32F3N7O. The van der Waals surface area contributed by atoms with Gasteiger partial charge >= 0.3 is 6.30 Å². The van der Waals surface area contributed by atoms with Crippen molar-refractivity contribution in [3.8, 4) is 0 Å². The van der Waals surface area contributed by atoms with Gasteiger partial charge in [0.15, 0.2) is 0 Å². The number of hydrogen-bond acceptors (Lipinski definition) is 8. The van der Waals surface area contributed by atoms with Crippen molar-refractivity contribution >= 4 is 29.0 Å². The number of Topliss-reactive ketones (excluding diaryl/α,β-unsaturated/α-hetero) is 1. The van der Waals surface area contributed by atoms with Gasteiger partial charge in [0.1, 0.15) is 11.6 Å². The zero-order chi connectivity index (χ0) is 26.1. The summed E-state index contributed by atoms with van der Waals surface area (Å²) < 4.78 is 41.5. The lowest BCUT2D eigenvalue weighted by atomic mass is 9.72. The molecule has 8 nitrogen and oxygen atoms in total. The van der Waals surface area contributed by atoms with Gasteiger partial charge in [-0.3, -0.25) is 9.69 Å². The van der Waals surface area contributed by atoms with E-state index in [0.717, 1.165) is 31.0 Å². The third kappa shape index (κ3) is 5.30. The van der Waals surface area contributed by atoms with Gasteiger partial charge in [-0.05, 0) is 58.3 Å². The monoisotopic (exact) mass is 503 g/mol. The first-order valence-electron chi connectivity index (χ1n) is 12.0. The number of nitrogens with one attached hydrogen (secondary N) is 1. The highest BCUT2D eigenvalue weighted by Gasteiger charge is 2.53. The van der Waals surface area contributed by atoms with Crippen LogP contribution < -0.4 is 10.2 Å². The van der Waals surface area contributed by atoms with Gasteiger partial charge in [-0.1, -0.05) is 6.08 Å². The van der Waals surface area contributed by atoms with Crippen molar-refractivity contribution in [2.45, 2.75) is 32.5 Å². The number of aromatic nitrogens is 1. The Labute approximate surface area is 209 Å². The van der Waals surface area contributed by atoms with E-state index in [4.69, 9.17) is 0 Å². The number of allylic oxidation sites excluding steroid dienone is 3. The number of carbonyl (C=O) groups excluding carboxylic acids is 1. The summed E-state index contributed by atoms with van der Waals surface area (Å²) in [7, 11) is 6.09. The van der Waals surface area contributed by atoms with Gasteiger partial charge < -0.3 is 15.1 Å². The summed E-state index contributed by atoms with van der Waals surface area (Å²) >= 11 is 0. The number of likely N-dealkylation sites (tertiary alicyclic amines) is 1. The molecule has 1 saturated heterocycles. The van der Waals surface area contributed by atoms with Crippen molar-refractivity contribution in [1.29, 1.82) is 0 Å². The summed E-state index contributed by atoms with van der Waals surface area (Å²) in [5.41, 5.74) is 0.691. The Bertz CT molecular complexity index is 1140. The minimum Gasteiger partial charge on any atom is -0.360 e. The molecule has 0 bridgehead atoms. The predicted molar refractivity (Wildman–Crippen MR) is 135 cm³/mol. The molecule has 2 aliphatic heterocycles. The van der Waals surface area contributed by atoms with Crippen molar-refractivity contribution in [3.63, 3.8) is 0 Å². The van der Waals surface area contributed by atoms with Gasteiger partial charge in [0.05, 0.1) is 29.1 Å². The number of rotatable bonds is 6. The van der Waals surface area contributed by atoms with Crippen LogP contribution in [0.5, 0.6) is 0 Å². The average Bonchev–Trinajstić information content (AvgIpc) is 2.95. The molecule has 1 atom stereocenters. The van der Waals surface area contributed by atoms with Gasteiger partial charge in [-0.25, -0.2) is 15.0 Å². The molecule has 1 unspecified atom stereocenters. The number of halogens is 3. The summed E-state index contributed by atoms with van der Waals surface area (Å²) in [6.07, 6.45) is 0.857. The number of anilines is 2. The Morgan fingerprint density at radius 3 is 2.67 bits per heavy atom. The number of nitrogens with zero attached hydrogens (tertiary/aromatic N) is 6. The SMILES string of the molecule is Cc1nc(N(C)CCCN(C)C)ccc1NC1=NCC23CC(=O)CCN(C(F)(F)F)C2=CC=CC3=N1. The molecule has 0 aromatic carbocycles. The lowest BCUT2D eigenvalue weighted by Crippen LogP contribution is -2.49. The number of guanidine groups is 1. The molecule has 11 heteroatoms. The van der Waals surface area contributed by atoms with E-state index in [-0.39, 0.29) is 36.8 Å². The van der Waals surface area contributed by atoms with Gasteiger partial charge in [-0.15, -0.1) is 0 Å². The van der Waals surface area contributed by atoms with Crippen LogP contribution in [-0.4, -0.2) is 85.9 Å². The van der Waals surface area contributed by atoms with E-state index < -0.39 is 18.3 Å². The molecule has 194 valence electrons. The van der Waals surface area contributed by atoms with Crippen LogP contribution in [0.4, 0.5) is 24.7 Å². The van der Waals surface area contributed by atoms with Crippen LogP contribution in [0.15, 0.2) is 46.0 Å². The smallest absolute Gasteiger partial charge is 0.360 e. The molecule has 0 saturated carbocycles. The molecule has 3 heterocycles. The van der Waals surface area contributed by atoms with Crippen LogP contribution in [-0.2, 0) is 4.79 Å². The highest BCUT2D eigenvalue weighted by molar-refractivity contribution is 6.14. The molecule has 1 spiro atoms. The number of pyridine rings is 1. The Morgan fingerprint density at radius 2 is 1.97 bits per heavy atom. The van der Waals surface area contributed by atoms with Crippen LogP contribution in [0.1, 0.15) is 25.0 Å². The van der Waals surface area contributed by atoms with Crippen LogP contribution >= 0.6 is 0 Å². The standard InChI is InChI=1S/C25H32F3N7O/c1-17-19(9-10-22(30-17)34(4)13-6-12-33(2)3)31-23-29-16-24-15-18(36)11-14-35(25(26,27)28)21(24)8-5-7-20(24)32-23/h5,7-10H,6,11-16H2,1-4H3,(H,29,31). The van der Waals surface area contributed by atoms with Crippen molar-refractivity contribution in [2.24, 2.45) is 15.4 Å². The van der Waals surface area contributed by atoms with E-state index in [9.17, 15) is 18.0 Å². The maximum atomic E-state index is 13.8. The number of aliphatic imine (C=N–C) groups is 2. The fraction of sp³-hybridized carbons (Fsp3) is 0.520. The van der Waals surface area contributed by atoms with Gasteiger partial charge in [0.2, 0.25) is 5.96 Å². The molecule has 4 rings (SSSR count). The second-order valence-corrected chi connectivity index (χ2v) is 9.72. The third-order valence-electron chi connectivity index (χ3n) is 6.73. The molecule has 3 aliphatic rings. The van der Waals surface area contributed by atoms with Gasteiger partial charge in [-0.2, -0.15) is 13.2 Å². The number of hydrogen-bond donors (Lipinski definition) is 1. The first-order valence-corrected chi connectivity index (χ1v) is 12.0. The quantitative estimate of drug-likeness (QED) is 0.598. The van der Waals surface area contributed by atoms with Crippen molar-refractivity contribution in [1.82, 2.24) is 14.8 Å². The summed E-state index contributed by atoms with van der Waals surface area (Å²) in [6.45, 7) is 3.34. The first kappa shape index (κ1) is 25.9. The van der Waals surface area contributed by atoms with Crippen LogP contribution in [0.25, 0.3) is 0 Å². The molecule has 36 heavy (non-hydrogen) atoms. The molecule has 0 amide bonds. The van der Waals surface area contributed by atoms with Crippen molar-refractivity contribution < 1.29 is 18.0 Å². The fourth-order valence-corrected chi connectivity index (χ4v) is 4.80. The van der Waals surface area contributed by atoms with E-state index in [1.807, 2.05) is 40.2 Å². The highest BCUT2D eigenvalue weighted by Crippen LogP contribution is 2.46. The summed E-state index contributed by atoms with van der Waals surface area (Å²) in [4.78, 5) is 30.8. The minimum absolute atomic E-state index is 0.00182. The van der Waals surface area contributed by atoms with Crippen LogP contribution in [0.3, 0.4) is 0 Å². The zero-order valence-corrected chi connectivity index (χ0v) is 21.1. The summed E-state index contributed by atoms with van der Waals surface area (Å²) in [6, 6.07) is 3.81. The van der Waals surface area contributed by atoms with Crippen LogP contribution in [0, 0.1) is 12.3 Å². The van der Waals surface area contributed by atoms with E-state index in [2.05, 4.69) is 30.1 Å². The summed E-state index contributed by atoms with van der Waals surface area (Å²) in [5.74, 6) is 0.906. The molecule has 1 N–H and O–H groups in total. The van der Waals surface area contributed by atoms with Crippen LogP contribution in [0.2, 0.25) is 0 Å². The third-order valence-corrected chi connectivity index (χ3v) is 6.73. The Hall–Kier alpha value is -3.21. The maximum Gasteiger partial charge on any atom is 0.484 e. The summed E-state index contributed by atoms with van der Waals surface area (Å²) in [5, 5.41) is 3.17. The van der Waals surface area contributed by atoms with Crippen molar-refractivity contribution in [3.05, 3.63) is 41.8 Å². The number of aryl methyl sites for hydroxylation is 1. The normalized spacial score (nSPS) is 21.8. The zero-order valence-electron chi connectivity index (χ0n) is 21.1. The van der Waals surface area contributed by atoms with Gasteiger partial charge in [0, 0.05) is 38.7 Å². The Balaban J connectivity index is 1.53. The molecule has 1 fully saturated rings. The number of alkyl halides is 3. The fourth-order valence-electron chi connectivity index (χ4n) is 4.80. The van der Waals surface area contributed by atoms with Crippen molar-refractivity contribution in [2.75, 3.05) is 57.5 Å². The number of ketones is 1. The predicted octanol–water partition coefficient (Wildman–Crippen LogP) is 3.63. The first-order chi connectivity index (χ1) is 17.0. The topological polar surface area (TPSA) is 76.4 Å². The maximum absolute atomic E-state index is 13.8. The average molecular weight is 504 g/mol.